The SMILES string of the molecule is CSc1ccc(/C=N/NC(=O)CCC(=O)Nc2ccc(C)c(C)c2)cc1. The van der Waals surface area contributed by atoms with Gasteiger partial charge in [-0.25, -0.2) is 5.43 Å². The highest BCUT2D eigenvalue weighted by atomic mass is 32.2. The van der Waals surface area contributed by atoms with Crippen molar-refractivity contribution in [3.8, 4) is 0 Å². The number of carbonyl (C=O) groups is 2. The molecule has 0 aliphatic rings. The smallest absolute Gasteiger partial charge is 0.240 e. The molecule has 0 aliphatic heterocycles. The Balaban J connectivity index is 1.74. The van der Waals surface area contributed by atoms with Crippen LogP contribution in [0.5, 0.6) is 0 Å². The molecule has 2 aromatic rings. The van der Waals surface area contributed by atoms with Gasteiger partial charge in [0.15, 0.2) is 0 Å². The maximum absolute atomic E-state index is 11.9. The van der Waals surface area contributed by atoms with Gasteiger partial charge >= 0.3 is 0 Å². The van der Waals surface area contributed by atoms with Crippen LogP contribution in [0, 0.1) is 13.8 Å². The lowest BCUT2D eigenvalue weighted by atomic mass is 10.1. The predicted molar refractivity (Wildman–Crippen MR) is 108 cm³/mol. The standard InChI is InChI=1S/C20H23N3O2S/c1-14-4-7-17(12-15(14)2)22-19(24)10-11-20(25)23-21-13-16-5-8-18(26-3)9-6-16/h4-9,12-13H,10-11H2,1-3H3,(H,22,24)(H,23,25)/b21-13+. The van der Waals surface area contributed by atoms with Crippen LogP contribution in [0.1, 0.15) is 29.5 Å². The number of anilines is 1. The van der Waals surface area contributed by atoms with Gasteiger partial charge < -0.3 is 5.32 Å². The summed E-state index contributed by atoms with van der Waals surface area (Å²) in [5.41, 5.74) is 6.36. The third-order valence-corrected chi connectivity index (χ3v) is 4.63. The molecule has 0 atom stereocenters. The van der Waals surface area contributed by atoms with Gasteiger partial charge in [-0.1, -0.05) is 18.2 Å². The van der Waals surface area contributed by atoms with Crippen LogP contribution < -0.4 is 10.7 Å². The number of hydrogen-bond acceptors (Lipinski definition) is 4. The Kier molecular flexibility index (Phi) is 7.41. The van der Waals surface area contributed by atoms with Gasteiger partial charge in [0.25, 0.3) is 0 Å². The second-order valence-corrected chi connectivity index (χ2v) is 6.79. The highest BCUT2D eigenvalue weighted by Gasteiger charge is 2.07. The van der Waals surface area contributed by atoms with Crippen LogP contribution in [0.3, 0.4) is 0 Å². The zero-order chi connectivity index (χ0) is 18.9. The second kappa shape index (κ2) is 9.77. The monoisotopic (exact) mass is 369 g/mol. The number of amides is 2. The van der Waals surface area contributed by atoms with Gasteiger partial charge in [-0.2, -0.15) is 5.10 Å². The Hall–Kier alpha value is -2.60. The van der Waals surface area contributed by atoms with Crippen LogP contribution in [0.15, 0.2) is 52.5 Å². The molecule has 2 aromatic carbocycles. The van der Waals surface area contributed by atoms with Crippen molar-refractivity contribution in [2.75, 3.05) is 11.6 Å². The molecule has 0 fully saturated rings. The largest absolute Gasteiger partial charge is 0.326 e. The zero-order valence-electron chi connectivity index (χ0n) is 15.2. The summed E-state index contributed by atoms with van der Waals surface area (Å²) < 4.78 is 0. The minimum atomic E-state index is -0.294. The summed E-state index contributed by atoms with van der Waals surface area (Å²) in [6, 6.07) is 13.6. The third kappa shape index (κ3) is 6.37. The van der Waals surface area contributed by atoms with Crippen molar-refractivity contribution >= 4 is 35.5 Å². The molecule has 136 valence electrons. The highest BCUT2D eigenvalue weighted by Crippen LogP contribution is 2.15. The Morgan fingerprint density at radius 1 is 1.00 bits per heavy atom. The maximum atomic E-state index is 11.9. The van der Waals surface area contributed by atoms with Gasteiger partial charge in [0.05, 0.1) is 6.21 Å². The third-order valence-electron chi connectivity index (χ3n) is 3.89. The van der Waals surface area contributed by atoms with Crippen LogP contribution >= 0.6 is 11.8 Å². The first kappa shape index (κ1) is 19.7. The molecule has 0 radical (unpaired) electrons. The molecule has 2 rings (SSSR count). The van der Waals surface area contributed by atoms with E-state index in [2.05, 4.69) is 15.8 Å². The van der Waals surface area contributed by atoms with Gasteiger partial charge in [0.1, 0.15) is 0 Å². The fourth-order valence-corrected chi connectivity index (χ4v) is 2.60. The van der Waals surface area contributed by atoms with E-state index in [1.54, 1.807) is 18.0 Å². The van der Waals surface area contributed by atoms with E-state index < -0.39 is 0 Å². The van der Waals surface area contributed by atoms with Crippen molar-refractivity contribution in [2.45, 2.75) is 31.6 Å². The quantitative estimate of drug-likeness (QED) is 0.442. The summed E-state index contributed by atoms with van der Waals surface area (Å²) >= 11 is 1.67. The number of hydrogen-bond donors (Lipinski definition) is 2. The molecule has 0 spiro atoms. The summed E-state index contributed by atoms with van der Waals surface area (Å²) in [5, 5.41) is 6.72. The second-order valence-electron chi connectivity index (χ2n) is 5.91. The topological polar surface area (TPSA) is 70.6 Å². The fraction of sp³-hybridized carbons (Fsp3) is 0.250. The molecule has 2 amide bonds. The molecule has 0 bridgehead atoms. The Morgan fingerprint density at radius 3 is 2.35 bits per heavy atom. The van der Waals surface area contributed by atoms with Crippen LogP contribution in [0.25, 0.3) is 0 Å². The van der Waals surface area contributed by atoms with Gasteiger partial charge in [0.2, 0.25) is 11.8 Å². The van der Waals surface area contributed by atoms with Gasteiger partial charge in [-0.15, -0.1) is 11.8 Å². The lowest BCUT2D eigenvalue weighted by Gasteiger charge is -2.07. The molecule has 0 aliphatic carbocycles. The van der Waals surface area contributed by atoms with E-state index in [1.165, 1.54) is 10.5 Å². The van der Waals surface area contributed by atoms with Gasteiger partial charge in [-0.3, -0.25) is 9.59 Å². The van der Waals surface area contributed by atoms with Crippen molar-refractivity contribution in [2.24, 2.45) is 5.10 Å². The van der Waals surface area contributed by atoms with Crippen molar-refractivity contribution in [3.05, 3.63) is 59.2 Å². The Bertz CT molecular complexity index is 801. The number of nitrogens with zero attached hydrogens (tertiary/aromatic N) is 1. The first-order valence-corrected chi connectivity index (χ1v) is 9.53. The predicted octanol–water partition coefficient (Wildman–Crippen LogP) is 3.89. The highest BCUT2D eigenvalue weighted by molar-refractivity contribution is 7.98. The first-order valence-electron chi connectivity index (χ1n) is 8.31. The average molecular weight is 369 g/mol. The number of hydrazone groups is 1. The van der Waals surface area contributed by atoms with E-state index in [4.69, 9.17) is 0 Å². The molecule has 0 saturated carbocycles. The van der Waals surface area contributed by atoms with Gasteiger partial charge in [0, 0.05) is 23.4 Å². The average Bonchev–Trinajstić information content (AvgIpc) is 2.63. The van der Waals surface area contributed by atoms with E-state index in [-0.39, 0.29) is 24.7 Å². The summed E-state index contributed by atoms with van der Waals surface area (Å²) in [7, 11) is 0. The summed E-state index contributed by atoms with van der Waals surface area (Å²) in [4.78, 5) is 24.9. The molecule has 6 heteroatoms. The van der Waals surface area contributed by atoms with E-state index in [0.29, 0.717) is 0 Å². The molecule has 0 unspecified atom stereocenters. The molecule has 0 saturated heterocycles. The number of rotatable bonds is 7. The molecule has 0 heterocycles. The number of nitrogens with one attached hydrogen (secondary N) is 2. The molecular weight excluding hydrogens is 346 g/mol. The molecule has 5 nitrogen and oxygen atoms in total. The minimum Gasteiger partial charge on any atom is -0.326 e. The molecular formula is C20H23N3O2S. The van der Waals surface area contributed by atoms with Crippen LogP contribution in [-0.4, -0.2) is 24.3 Å². The van der Waals surface area contributed by atoms with Crippen LogP contribution in [0.4, 0.5) is 5.69 Å². The Labute approximate surface area is 158 Å². The number of benzene rings is 2. The maximum Gasteiger partial charge on any atom is 0.240 e. The van der Waals surface area contributed by atoms with Crippen LogP contribution in [-0.2, 0) is 9.59 Å². The lowest BCUT2D eigenvalue weighted by Crippen LogP contribution is -2.20. The van der Waals surface area contributed by atoms with E-state index >= 15 is 0 Å². The van der Waals surface area contributed by atoms with E-state index in [0.717, 1.165) is 16.8 Å². The number of thioether (sulfide) groups is 1. The van der Waals surface area contributed by atoms with Crippen LogP contribution in [0.2, 0.25) is 0 Å². The molecule has 2 N–H and O–H groups in total. The zero-order valence-corrected chi connectivity index (χ0v) is 16.0. The summed E-state index contributed by atoms with van der Waals surface area (Å²) in [6.45, 7) is 4.01. The minimum absolute atomic E-state index is 0.0828. The lowest BCUT2D eigenvalue weighted by molar-refractivity contribution is -0.124. The number of carbonyl (C=O) groups excluding carboxylic acids is 2. The summed E-state index contributed by atoms with van der Waals surface area (Å²) in [5.74, 6) is -0.489. The van der Waals surface area contributed by atoms with E-state index in [9.17, 15) is 9.59 Å². The summed E-state index contributed by atoms with van der Waals surface area (Å²) in [6.07, 6.45) is 3.78. The Morgan fingerprint density at radius 2 is 1.69 bits per heavy atom. The van der Waals surface area contributed by atoms with Crippen molar-refractivity contribution in [1.82, 2.24) is 5.43 Å². The fourth-order valence-electron chi connectivity index (χ4n) is 2.19. The molecule has 0 aromatic heterocycles. The van der Waals surface area contributed by atoms with Crippen molar-refractivity contribution in [3.63, 3.8) is 0 Å². The number of aryl methyl sites for hydroxylation is 2. The van der Waals surface area contributed by atoms with E-state index in [1.807, 2.05) is 62.6 Å². The first-order chi connectivity index (χ1) is 12.5. The van der Waals surface area contributed by atoms with Gasteiger partial charge in [-0.05, 0) is 61.1 Å². The normalized spacial score (nSPS) is 10.7. The molecule has 26 heavy (non-hydrogen) atoms. The van der Waals surface area contributed by atoms with Crippen molar-refractivity contribution in [1.29, 1.82) is 0 Å². The van der Waals surface area contributed by atoms with Crippen molar-refractivity contribution < 1.29 is 9.59 Å².